The Kier molecular flexibility index (Phi) is 4.50. The zero-order valence-corrected chi connectivity index (χ0v) is 18.7. The van der Waals surface area contributed by atoms with Crippen molar-refractivity contribution in [2.24, 2.45) is 0 Å². The molecule has 5 nitrogen and oxygen atoms in total. The van der Waals surface area contributed by atoms with Gasteiger partial charge in [0.15, 0.2) is 23.4 Å². The second kappa shape index (κ2) is 7.19. The van der Waals surface area contributed by atoms with Crippen molar-refractivity contribution in [3.8, 4) is 11.5 Å². The van der Waals surface area contributed by atoms with Gasteiger partial charge in [0.1, 0.15) is 0 Å². The van der Waals surface area contributed by atoms with E-state index in [0.29, 0.717) is 13.0 Å². The molecule has 6 rings (SSSR count). The Labute approximate surface area is 189 Å². The molecule has 0 radical (unpaired) electrons. The SMILES string of the molecule is COc1ccc2c3c1O[C@H]1C(=O)CC[C@@]4(OC/C=C/c5ccccc5)[C@@H](C2)N(C)CC[C@]314. The summed E-state index contributed by atoms with van der Waals surface area (Å²) in [5.74, 6) is 1.68. The van der Waals surface area contributed by atoms with Gasteiger partial charge in [-0.25, -0.2) is 0 Å². The van der Waals surface area contributed by atoms with E-state index in [1.807, 2.05) is 24.3 Å². The van der Waals surface area contributed by atoms with Crippen LogP contribution in [0, 0.1) is 0 Å². The minimum atomic E-state index is -0.490. The Balaban J connectivity index is 1.45. The number of likely N-dealkylation sites (N-methyl/N-ethyl adjacent to an activating group) is 1. The molecule has 2 heterocycles. The van der Waals surface area contributed by atoms with Crippen LogP contribution < -0.4 is 9.47 Å². The third kappa shape index (κ3) is 2.49. The van der Waals surface area contributed by atoms with Crippen molar-refractivity contribution < 1.29 is 19.0 Å². The quantitative estimate of drug-likeness (QED) is 0.721. The van der Waals surface area contributed by atoms with Gasteiger partial charge in [0.05, 0.1) is 24.7 Å². The van der Waals surface area contributed by atoms with E-state index in [-0.39, 0.29) is 11.8 Å². The molecule has 2 fully saturated rings. The fourth-order valence-electron chi connectivity index (χ4n) is 6.90. The lowest BCUT2D eigenvalue weighted by atomic mass is 9.49. The van der Waals surface area contributed by atoms with E-state index in [1.54, 1.807) is 7.11 Å². The number of Topliss-reactive ketones (excluding diaryl/α,β-unsaturated/α-hetero) is 1. The van der Waals surface area contributed by atoms with Crippen LogP contribution in [0.15, 0.2) is 48.5 Å². The summed E-state index contributed by atoms with van der Waals surface area (Å²) in [4.78, 5) is 15.6. The lowest BCUT2D eigenvalue weighted by molar-refractivity contribution is -0.205. The molecule has 1 spiro atoms. The summed E-state index contributed by atoms with van der Waals surface area (Å²) in [6.07, 6.45) is 6.69. The van der Waals surface area contributed by atoms with Crippen LogP contribution in [-0.2, 0) is 21.4 Å². The van der Waals surface area contributed by atoms with Gasteiger partial charge in [-0.1, -0.05) is 48.6 Å². The largest absolute Gasteiger partial charge is 0.493 e. The Morgan fingerprint density at radius 3 is 2.84 bits per heavy atom. The average molecular weight is 432 g/mol. The van der Waals surface area contributed by atoms with Gasteiger partial charge < -0.3 is 19.1 Å². The zero-order chi connectivity index (χ0) is 21.9. The van der Waals surface area contributed by atoms with Crippen molar-refractivity contribution in [3.05, 3.63) is 65.2 Å². The molecule has 2 aliphatic heterocycles. The Hall–Kier alpha value is -2.63. The molecule has 0 unspecified atom stereocenters. The number of benzene rings is 2. The van der Waals surface area contributed by atoms with Gasteiger partial charge in [0.25, 0.3) is 0 Å². The minimum Gasteiger partial charge on any atom is -0.493 e. The number of likely N-dealkylation sites (tertiary alicyclic amines) is 1. The number of rotatable bonds is 5. The predicted molar refractivity (Wildman–Crippen MR) is 122 cm³/mol. The molecule has 166 valence electrons. The van der Waals surface area contributed by atoms with Gasteiger partial charge >= 0.3 is 0 Å². The first kappa shape index (κ1) is 20.0. The summed E-state index contributed by atoms with van der Waals surface area (Å²) >= 11 is 0. The summed E-state index contributed by atoms with van der Waals surface area (Å²) in [5, 5.41) is 0. The third-order valence-corrected chi connectivity index (χ3v) is 8.24. The molecule has 4 atom stereocenters. The van der Waals surface area contributed by atoms with E-state index in [4.69, 9.17) is 14.2 Å². The molecule has 4 aliphatic rings. The molecule has 2 bridgehead atoms. The molecule has 0 N–H and O–H groups in total. The third-order valence-electron chi connectivity index (χ3n) is 8.24. The second-order valence-electron chi connectivity index (χ2n) is 9.53. The molecule has 5 heteroatoms. The van der Waals surface area contributed by atoms with E-state index < -0.39 is 17.1 Å². The first-order valence-electron chi connectivity index (χ1n) is 11.6. The highest BCUT2D eigenvalue weighted by atomic mass is 16.5. The monoisotopic (exact) mass is 431 g/mol. The number of ketones is 1. The standard InChI is InChI=1S/C27H29NO4/c1-28-15-14-26-23-19-10-11-21(30-2)24(23)32-25(26)20(29)12-13-27(26,22(28)17-19)31-16-6-9-18-7-4-3-5-8-18/h3-11,22,25H,12-17H2,1-2H3/b9-6+/t22-,25+,26+,27-/m1/s1. The number of nitrogens with zero attached hydrogens (tertiary/aromatic N) is 1. The molecular weight excluding hydrogens is 402 g/mol. The molecule has 2 aromatic carbocycles. The second-order valence-corrected chi connectivity index (χ2v) is 9.53. The molecule has 2 aromatic rings. The topological polar surface area (TPSA) is 48.0 Å². The number of hydrogen-bond donors (Lipinski definition) is 0. The maximum Gasteiger partial charge on any atom is 0.174 e. The number of carbonyl (C=O) groups excluding carboxylic acids is 1. The molecule has 32 heavy (non-hydrogen) atoms. The highest BCUT2D eigenvalue weighted by Gasteiger charge is 2.73. The van der Waals surface area contributed by atoms with Gasteiger partial charge in [-0.05, 0) is 50.0 Å². The maximum absolute atomic E-state index is 13.2. The smallest absolute Gasteiger partial charge is 0.174 e. The van der Waals surface area contributed by atoms with Crippen molar-refractivity contribution >= 4 is 11.9 Å². The van der Waals surface area contributed by atoms with Crippen molar-refractivity contribution in [1.82, 2.24) is 4.90 Å². The van der Waals surface area contributed by atoms with E-state index in [1.165, 1.54) is 11.1 Å². The summed E-state index contributed by atoms with van der Waals surface area (Å²) < 4.78 is 19.0. The minimum absolute atomic E-state index is 0.193. The van der Waals surface area contributed by atoms with Gasteiger partial charge in [0.2, 0.25) is 0 Å². The Morgan fingerprint density at radius 2 is 2.03 bits per heavy atom. The van der Waals surface area contributed by atoms with Crippen LogP contribution in [0.1, 0.15) is 36.0 Å². The molecule has 0 amide bonds. The lowest BCUT2D eigenvalue weighted by Crippen LogP contribution is -2.77. The zero-order valence-electron chi connectivity index (χ0n) is 18.7. The van der Waals surface area contributed by atoms with Crippen molar-refractivity contribution in [2.45, 2.75) is 48.8 Å². The maximum atomic E-state index is 13.2. The number of ether oxygens (including phenoxy) is 3. The fraction of sp³-hybridized carbons (Fsp3) is 0.444. The molecule has 2 aliphatic carbocycles. The molecule has 1 saturated carbocycles. The summed E-state index contributed by atoms with van der Waals surface area (Å²) in [5.41, 5.74) is 2.70. The van der Waals surface area contributed by atoms with Crippen molar-refractivity contribution in [2.75, 3.05) is 27.3 Å². The van der Waals surface area contributed by atoms with Crippen molar-refractivity contribution in [1.29, 1.82) is 0 Å². The number of carbonyl (C=O) groups is 1. The van der Waals surface area contributed by atoms with Crippen LogP contribution >= 0.6 is 0 Å². The summed E-state index contributed by atoms with van der Waals surface area (Å²) in [6.45, 7) is 1.44. The number of piperidine rings is 1. The first-order chi connectivity index (χ1) is 15.6. The summed E-state index contributed by atoms with van der Waals surface area (Å²) in [6, 6.07) is 14.6. The average Bonchev–Trinajstić information content (AvgIpc) is 3.18. The van der Waals surface area contributed by atoms with Crippen LogP contribution in [0.25, 0.3) is 6.08 Å². The van der Waals surface area contributed by atoms with E-state index in [9.17, 15) is 4.79 Å². The highest BCUT2D eigenvalue weighted by Crippen LogP contribution is 2.65. The normalized spacial score (nSPS) is 32.6. The molecular formula is C27H29NO4. The van der Waals surface area contributed by atoms with Gasteiger partial charge in [-0.2, -0.15) is 0 Å². The number of methoxy groups -OCH3 is 1. The molecule has 1 saturated heterocycles. The fourth-order valence-corrected chi connectivity index (χ4v) is 6.90. The lowest BCUT2D eigenvalue weighted by Gasteiger charge is -2.63. The van der Waals surface area contributed by atoms with E-state index in [2.05, 4.69) is 42.3 Å². The molecule has 0 aromatic heterocycles. The van der Waals surface area contributed by atoms with E-state index in [0.717, 1.165) is 42.9 Å². The van der Waals surface area contributed by atoms with Crippen LogP contribution in [-0.4, -0.2) is 55.7 Å². The predicted octanol–water partition coefficient (Wildman–Crippen LogP) is 3.79. The van der Waals surface area contributed by atoms with Crippen LogP contribution in [0.4, 0.5) is 0 Å². The van der Waals surface area contributed by atoms with Crippen LogP contribution in [0.3, 0.4) is 0 Å². The van der Waals surface area contributed by atoms with Gasteiger partial charge in [-0.15, -0.1) is 0 Å². The van der Waals surface area contributed by atoms with Gasteiger partial charge in [-0.3, -0.25) is 4.79 Å². The van der Waals surface area contributed by atoms with Gasteiger partial charge in [0, 0.05) is 18.0 Å². The first-order valence-corrected chi connectivity index (χ1v) is 11.6. The highest BCUT2D eigenvalue weighted by molar-refractivity contribution is 5.90. The van der Waals surface area contributed by atoms with Crippen LogP contribution in [0.2, 0.25) is 0 Å². The number of hydrogen-bond acceptors (Lipinski definition) is 5. The van der Waals surface area contributed by atoms with Crippen molar-refractivity contribution in [3.63, 3.8) is 0 Å². The summed E-state index contributed by atoms with van der Waals surface area (Å²) in [7, 11) is 3.86. The van der Waals surface area contributed by atoms with Crippen LogP contribution in [0.5, 0.6) is 11.5 Å². The Morgan fingerprint density at radius 1 is 1.19 bits per heavy atom. The Bertz CT molecular complexity index is 1100. The van der Waals surface area contributed by atoms with E-state index >= 15 is 0 Å².